The van der Waals surface area contributed by atoms with Crippen LogP contribution in [0.25, 0.3) is 0 Å². The van der Waals surface area contributed by atoms with Gasteiger partial charge in [-0.05, 0) is 30.3 Å². The molecule has 0 unspecified atom stereocenters. The van der Waals surface area contributed by atoms with Crippen molar-refractivity contribution in [1.82, 2.24) is 0 Å². The molecule has 0 bridgehead atoms. The third kappa shape index (κ3) is 6.21. The Hall–Kier alpha value is -3.60. The van der Waals surface area contributed by atoms with E-state index in [2.05, 4.69) is 10.1 Å². The van der Waals surface area contributed by atoms with Gasteiger partial charge in [0.2, 0.25) is 0 Å². The van der Waals surface area contributed by atoms with Gasteiger partial charge in [-0.15, -0.1) is 0 Å². The lowest BCUT2D eigenvalue weighted by Crippen LogP contribution is -2.17. The molecule has 154 valence electrons. The molecule has 0 amide bonds. The summed E-state index contributed by atoms with van der Waals surface area (Å²) in [5.74, 6) is -1.73. The summed E-state index contributed by atoms with van der Waals surface area (Å²) in [5, 5.41) is 22.5. The number of carbonyl (C=O) groups excluding carboxylic acids is 2. The first-order chi connectivity index (χ1) is 13.8. The molecule has 0 aliphatic carbocycles. The van der Waals surface area contributed by atoms with E-state index in [-0.39, 0.29) is 41.4 Å². The monoisotopic (exact) mass is 410 g/mol. The summed E-state index contributed by atoms with van der Waals surface area (Å²) in [7, 11) is 0. The number of carbonyl (C=O) groups is 2. The molecule has 0 radical (unpaired) electrons. The number of aliphatic hydroxyl groups excluding tert-OH is 1. The van der Waals surface area contributed by atoms with Gasteiger partial charge >= 0.3 is 12.6 Å². The third-order valence-electron chi connectivity index (χ3n) is 3.60. The molecule has 0 saturated heterocycles. The summed E-state index contributed by atoms with van der Waals surface area (Å²) < 4.78 is 33.4. The highest BCUT2D eigenvalue weighted by Crippen LogP contribution is 2.23. The Kier molecular flexibility index (Phi) is 7.54. The van der Waals surface area contributed by atoms with Crippen LogP contribution in [0.5, 0.6) is 5.75 Å². The number of benzene rings is 2. The molecule has 2 aromatic rings. The van der Waals surface area contributed by atoms with Gasteiger partial charge in [0.25, 0.3) is 5.69 Å². The van der Waals surface area contributed by atoms with E-state index in [0.29, 0.717) is 0 Å². The maximum atomic E-state index is 12.3. The zero-order valence-electron chi connectivity index (χ0n) is 14.8. The number of rotatable bonds is 10. The predicted molar refractivity (Wildman–Crippen MR) is 96.4 cm³/mol. The van der Waals surface area contributed by atoms with Crippen molar-refractivity contribution in [3.05, 3.63) is 63.7 Å². The van der Waals surface area contributed by atoms with Gasteiger partial charge in [0.15, 0.2) is 12.4 Å². The van der Waals surface area contributed by atoms with Crippen molar-refractivity contribution in [3.8, 4) is 5.75 Å². The maximum Gasteiger partial charge on any atom is 0.387 e. The molecule has 0 aliphatic rings. The fourth-order valence-corrected chi connectivity index (χ4v) is 2.27. The summed E-state index contributed by atoms with van der Waals surface area (Å²) in [6.07, 6.45) is 0. The number of esters is 1. The van der Waals surface area contributed by atoms with Gasteiger partial charge in [-0.2, -0.15) is 8.78 Å². The highest BCUT2D eigenvalue weighted by molar-refractivity contribution is 6.01. The second kappa shape index (κ2) is 10.1. The number of halogens is 2. The Balaban J connectivity index is 2.08. The quantitative estimate of drug-likeness (QED) is 0.265. The zero-order chi connectivity index (χ0) is 21.4. The Morgan fingerprint density at radius 3 is 2.45 bits per heavy atom. The number of nitrogens with zero attached hydrogens (tertiary/aromatic N) is 1. The topological polar surface area (TPSA) is 128 Å². The van der Waals surface area contributed by atoms with Crippen molar-refractivity contribution in [2.24, 2.45) is 0 Å². The molecule has 11 heteroatoms. The van der Waals surface area contributed by atoms with Gasteiger partial charge in [-0.25, -0.2) is 4.79 Å². The number of ketones is 1. The minimum Gasteiger partial charge on any atom is -0.454 e. The van der Waals surface area contributed by atoms with Crippen LogP contribution in [-0.2, 0) is 4.74 Å². The van der Waals surface area contributed by atoms with E-state index >= 15 is 0 Å². The predicted octanol–water partition coefficient (Wildman–Crippen LogP) is 2.64. The summed E-state index contributed by atoms with van der Waals surface area (Å²) in [5.41, 5.74) is -0.249. The first-order valence-corrected chi connectivity index (χ1v) is 8.20. The summed E-state index contributed by atoms with van der Waals surface area (Å²) >= 11 is 0. The van der Waals surface area contributed by atoms with Crippen LogP contribution in [0, 0.1) is 10.1 Å². The summed E-state index contributed by atoms with van der Waals surface area (Å²) in [6.45, 7) is -3.82. The van der Waals surface area contributed by atoms with Crippen molar-refractivity contribution < 1.29 is 37.9 Å². The van der Waals surface area contributed by atoms with Gasteiger partial charge in [0.05, 0.1) is 17.1 Å². The van der Waals surface area contributed by atoms with Crippen LogP contribution < -0.4 is 10.1 Å². The van der Waals surface area contributed by atoms with Gasteiger partial charge < -0.3 is 19.9 Å². The second-order valence-corrected chi connectivity index (χ2v) is 5.54. The van der Waals surface area contributed by atoms with Crippen molar-refractivity contribution in [2.75, 3.05) is 25.1 Å². The first kappa shape index (κ1) is 21.7. The molecule has 9 nitrogen and oxygen atoms in total. The molecule has 0 atom stereocenters. The number of Topliss-reactive ketones (excluding diaryl/α,β-unsaturated/α-hetero) is 1. The van der Waals surface area contributed by atoms with Crippen LogP contribution >= 0.6 is 0 Å². The lowest BCUT2D eigenvalue weighted by molar-refractivity contribution is -0.384. The van der Waals surface area contributed by atoms with Gasteiger partial charge in [-0.3, -0.25) is 14.9 Å². The first-order valence-electron chi connectivity index (χ1n) is 8.20. The number of nitro benzene ring substituents is 1. The standard InChI is InChI=1S/C18H16F2N2O7/c19-18(20)29-13-4-1-11(2-5-13)16(24)10-28-17(25)14-9-12(22(26)27)3-6-15(14)21-7-8-23/h1-6,9,18,21,23H,7-8,10H2. The van der Waals surface area contributed by atoms with Crippen LogP contribution in [0.3, 0.4) is 0 Å². The van der Waals surface area contributed by atoms with E-state index in [9.17, 15) is 28.5 Å². The summed E-state index contributed by atoms with van der Waals surface area (Å²) in [6, 6.07) is 8.24. The summed E-state index contributed by atoms with van der Waals surface area (Å²) in [4.78, 5) is 34.7. The van der Waals surface area contributed by atoms with Crippen LogP contribution in [0.4, 0.5) is 20.2 Å². The zero-order valence-corrected chi connectivity index (χ0v) is 14.8. The van der Waals surface area contributed by atoms with E-state index in [1.807, 2.05) is 0 Å². The fourth-order valence-electron chi connectivity index (χ4n) is 2.27. The molecule has 0 aliphatic heterocycles. The minimum absolute atomic E-state index is 0.0874. The van der Waals surface area contributed by atoms with Gasteiger partial charge in [0, 0.05) is 29.9 Å². The number of ether oxygens (including phenoxy) is 2. The Morgan fingerprint density at radius 1 is 1.17 bits per heavy atom. The minimum atomic E-state index is -3.00. The van der Waals surface area contributed by atoms with Crippen LogP contribution in [0.1, 0.15) is 20.7 Å². The van der Waals surface area contributed by atoms with E-state index in [1.165, 1.54) is 36.4 Å². The van der Waals surface area contributed by atoms with Crippen molar-refractivity contribution >= 4 is 23.1 Å². The molecule has 2 aromatic carbocycles. The molecular weight excluding hydrogens is 394 g/mol. The van der Waals surface area contributed by atoms with Crippen LogP contribution in [0.2, 0.25) is 0 Å². The molecule has 0 aromatic heterocycles. The van der Waals surface area contributed by atoms with E-state index in [1.54, 1.807) is 0 Å². The molecule has 0 spiro atoms. The molecule has 2 rings (SSSR count). The smallest absolute Gasteiger partial charge is 0.387 e. The number of anilines is 1. The second-order valence-electron chi connectivity index (χ2n) is 5.54. The molecular formula is C18H16F2N2O7. The van der Waals surface area contributed by atoms with E-state index in [4.69, 9.17) is 9.84 Å². The third-order valence-corrected chi connectivity index (χ3v) is 3.60. The van der Waals surface area contributed by atoms with Gasteiger partial charge in [0.1, 0.15) is 5.75 Å². The van der Waals surface area contributed by atoms with Crippen molar-refractivity contribution in [2.45, 2.75) is 6.61 Å². The Morgan fingerprint density at radius 2 is 1.86 bits per heavy atom. The van der Waals surface area contributed by atoms with Crippen molar-refractivity contribution in [3.63, 3.8) is 0 Å². The number of aliphatic hydroxyl groups is 1. The number of hydrogen-bond acceptors (Lipinski definition) is 8. The lowest BCUT2D eigenvalue weighted by Gasteiger charge is -2.11. The highest BCUT2D eigenvalue weighted by atomic mass is 19.3. The lowest BCUT2D eigenvalue weighted by atomic mass is 10.1. The average molecular weight is 410 g/mol. The number of non-ortho nitro benzene ring substituents is 1. The highest BCUT2D eigenvalue weighted by Gasteiger charge is 2.19. The number of nitro groups is 1. The number of nitrogens with one attached hydrogen (secondary N) is 1. The number of alkyl halides is 2. The maximum absolute atomic E-state index is 12.3. The molecule has 0 heterocycles. The normalized spacial score (nSPS) is 10.5. The Labute approximate surface area is 163 Å². The van der Waals surface area contributed by atoms with Gasteiger partial charge in [-0.1, -0.05) is 0 Å². The van der Waals surface area contributed by atoms with Crippen LogP contribution in [0.15, 0.2) is 42.5 Å². The molecule has 0 saturated carbocycles. The Bertz CT molecular complexity index is 888. The molecule has 2 N–H and O–H groups in total. The van der Waals surface area contributed by atoms with Crippen LogP contribution in [-0.4, -0.2) is 48.2 Å². The SMILES string of the molecule is O=C(COC(=O)c1cc([N+](=O)[O-])ccc1NCCO)c1ccc(OC(F)F)cc1. The molecule has 0 fully saturated rings. The van der Waals surface area contributed by atoms with E-state index in [0.717, 1.165) is 6.07 Å². The molecule has 29 heavy (non-hydrogen) atoms. The fraction of sp³-hybridized carbons (Fsp3) is 0.222. The largest absolute Gasteiger partial charge is 0.454 e. The number of hydrogen-bond donors (Lipinski definition) is 2. The van der Waals surface area contributed by atoms with E-state index < -0.39 is 29.9 Å². The van der Waals surface area contributed by atoms with Crippen molar-refractivity contribution in [1.29, 1.82) is 0 Å². The average Bonchev–Trinajstić information content (AvgIpc) is 2.70.